The van der Waals surface area contributed by atoms with Gasteiger partial charge in [0.1, 0.15) is 0 Å². The Labute approximate surface area is 140 Å². The van der Waals surface area contributed by atoms with Crippen LogP contribution in [0.25, 0.3) is 0 Å². The summed E-state index contributed by atoms with van der Waals surface area (Å²) >= 11 is 3.48. The van der Waals surface area contributed by atoms with Gasteiger partial charge >= 0.3 is 0 Å². The highest BCUT2D eigenvalue weighted by atomic mass is 79.9. The van der Waals surface area contributed by atoms with Crippen LogP contribution in [0.2, 0.25) is 0 Å². The normalized spacial score (nSPS) is 18.5. The quantitative estimate of drug-likeness (QED) is 0.439. The molecule has 1 unspecified atom stereocenters. The van der Waals surface area contributed by atoms with Crippen LogP contribution in [0.3, 0.4) is 0 Å². The molecule has 0 aliphatic carbocycles. The van der Waals surface area contributed by atoms with Crippen molar-refractivity contribution in [2.75, 3.05) is 33.4 Å². The lowest BCUT2D eigenvalue weighted by atomic mass is 10.2. The average molecular weight is 370 g/mol. The van der Waals surface area contributed by atoms with Crippen molar-refractivity contribution in [3.05, 3.63) is 34.3 Å². The third-order valence-electron chi connectivity index (χ3n) is 3.43. The Bertz CT molecular complexity index is 476. The first-order chi connectivity index (χ1) is 10.8. The number of rotatable bonds is 7. The third-order valence-corrected chi connectivity index (χ3v) is 3.92. The fourth-order valence-corrected chi connectivity index (χ4v) is 2.67. The molecule has 0 saturated carbocycles. The average Bonchev–Trinajstić information content (AvgIpc) is 3.03. The van der Waals surface area contributed by atoms with Crippen LogP contribution < -0.4 is 10.6 Å². The van der Waals surface area contributed by atoms with E-state index in [-0.39, 0.29) is 6.10 Å². The highest BCUT2D eigenvalue weighted by molar-refractivity contribution is 9.10. The second-order valence-electron chi connectivity index (χ2n) is 5.19. The van der Waals surface area contributed by atoms with Crippen LogP contribution in [0.4, 0.5) is 0 Å². The van der Waals surface area contributed by atoms with Gasteiger partial charge in [-0.25, -0.2) is 0 Å². The molecule has 0 bridgehead atoms. The number of benzene rings is 1. The molecule has 0 aromatic heterocycles. The fraction of sp³-hybridized carbons (Fsp3) is 0.562. The first kappa shape index (κ1) is 17.2. The Morgan fingerprint density at radius 1 is 1.45 bits per heavy atom. The molecule has 0 spiro atoms. The molecule has 1 saturated heterocycles. The van der Waals surface area contributed by atoms with Crippen molar-refractivity contribution >= 4 is 21.9 Å². The minimum Gasteiger partial charge on any atom is -0.379 e. The molecule has 1 atom stereocenters. The van der Waals surface area contributed by atoms with Crippen LogP contribution in [-0.4, -0.2) is 45.5 Å². The minimum atomic E-state index is 0.286. The zero-order valence-corrected chi connectivity index (χ0v) is 14.6. The number of nitrogens with one attached hydrogen (secondary N) is 2. The summed E-state index contributed by atoms with van der Waals surface area (Å²) < 4.78 is 12.1. The van der Waals surface area contributed by atoms with Crippen LogP contribution in [0.5, 0.6) is 0 Å². The summed E-state index contributed by atoms with van der Waals surface area (Å²) in [4.78, 5) is 4.22. The van der Waals surface area contributed by atoms with Crippen molar-refractivity contribution in [2.45, 2.75) is 25.5 Å². The first-order valence-corrected chi connectivity index (χ1v) is 8.45. The third kappa shape index (κ3) is 6.34. The van der Waals surface area contributed by atoms with Crippen molar-refractivity contribution in [3.63, 3.8) is 0 Å². The number of hydrogen-bond acceptors (Lipinski definition) is 3. The number of hydrogen-bond donors (Lipinski definition) is 2. The predicted octanol–water partition coefficient (Wildman–Crippen LogP) is 2.31. The van der Waals surface area contributed by atoms with Crippen LogP contribution >= 0.6 is 15.9 Å². The molecule has 1 aliphatic heterocycles. The second-order valence-corrected chi connectivity index (χ2v) is 6.11. The second kappa shape index (κ2) is 9.82. The number of guanidine groups is 1. The van der Waals surface area contributed by atoms with Crippen LogP contribution in [0.1, 0.15) is 18.4 Å². The summed E-state index contributed by atoms with van der Waals surface area (Å²) in [6, 6.07) is 8.23. The van der Waals surface area contributed by atoms with E-state index in [1.54, 1.807) is 7.05 Å². The van der Waals surface area contributed by atoms with E-state index < -0.39 is 0 Å². The maximum Gasteiger partial charge on any atom is 0.191 e. The molecule has 0 amide bonds. The van der Waals surface area contributed by atoms with Gasteiger partial charge in [0.2, 0.25) is 0 Å². The summed E-state index contributed by atoms with van der Waals surface area (Å²) in [5.74, 6) is 0.809. The zero-order chi connectivity index (χ0) is 15.6. The van der Waals surface area contributed by atoms with E-state index >= 15 is 0 Å². The summed E-state index contributed by atoms with van der Waals surface area (Å²) in [6.45, 7) is 3.91. The van der Waals surface area contributed by atoms with E-state index in [1.807, 2.05) is 12.1 Å². The molecule has 2 N–H and O–H groups in total. The molecule has 122 valence electrons. The molecule has 0 radical (unpaired) electrons. The van der Waals surface area contributed by atoms with E-state index in [0.717, 1.165) is 56.2 Å². The smallest absolute Gasteiger partial charge is 0.191 e. The van der Waals surface area contributed by atoms with E-state index in [9.17, 15) is 0 Å². The van der Waals surface area contributed by atoms with Gasteiger partial charge in [0.05, 0.1) is 12.7 Å². The SMILES string of the molecule is CN=C(NCCCOC1CCOC1)NCc1cccc(Br)c1. The first-order valence-electron chi connectivity index (χ1n) is 7.66. The van der Waals surface area contributed by atoms with E-state index in [4.69, 9.17) is 9.47 Å². The maximum absolute atomic E-state index is 5.73. The van der Waals surface area contributed by atoms with Crippen LogP contribution in [-0.2, 0) is 16.0 Å². The van der Waals surface area contributed by atoms with Gasteiger partial charge in [-0.1, -0.05) is 28.1 Å². The van der Waals surface area contributed by atoms with Crippen molar-refractivity contribution in [1.82, 2.24) is 10.6 Å². The van der Waals surface area contributed by atoms with Gasteiger partial charge in [0, 0.05) is 37.8 Å². The van der Waals surface area contributed by atoms with Crippen LogP contribution in [0, 0.1) is 0 Å². The molecule has 2 rings (SSSR count). The number of ether oxygens (including phenoxy) is 2. The Hall–Kier alpha value is -1.11. The lowest BCUT2D eigenvalue weighted by Gasteiger charge is -2.13. The summed E-state index contributed by atoms with van der Waals surface area (Å²) in [5, 5.41) is 6.60. The molecule has 1 aliphatic rings. The summed E-state index contributed by atoms with van der Waals surface area (Å²) in [5.41, 5.74) is 1.21. The Morgan fingerprint density at radius 3 is 3.09 bits per heavy atom. The number of aliphatic imine (C=N–C) groups is 1. The van der Waals surface area contributed by atoms with E-state index in [1.165, 1.54) is 5.56 Å². The van der Waals surface area contributed by atoms with Crippen LogP contribution in [0.15, 0.2) is 33.7 Å². The highest BCUT2D eigenvalue weighted by Crippen LogP contribution is 2.11. The molecular formula is C16H24BrN3O2. The molecule has 1 aromatic carbocycles. The largest absolute Gasteiger partial charge is 0.379 e. The van der Waals surface area contributed by atoms with Gasteiger partial charge < -0.3 is 20.1 Å². The standard InChI is InChI=1S/C16H24BrN3O2/c1-18-16(20-11-13-4-2-5-14(17)10-13)19-7-3-8-22-15-6-9-21-12-15/h2,4-5,10,15H,3,6-9,11-12H2,1H3,(H2,18,19,20). The van der Waals surface area contributed by atoms with Gasteiger partial charge in [-0.05, 0) is 30.5 Å². The van der Waals surface area contributed by atoms with Gasteiger partial charge in [-0.3, -0.25) is 4.99 Å². The van der Waals surface area contributed by atoms with Gasteiger partial charge in [-0.2, -0.15) is 0 Å². The topological polar surface area (TPSA) is 54.9 Å². The van der Waals surface area contributed by atoms with Gasteiger partial charge in [0.25, 0.3) is 0 Å². The highest BCUT2D eigenvalue weighted by Gasteiger charge is 2.15. The molecule has 1 fully saturated rings. The van der Waals surface area contributed by atoms with Crippen molar-refractivity contribution in [1.29, 1.82) is 0 Å². The van der Waals surface area contributed by atoms with Crippen molar-refractivity contribution in [3.8, 4) is 0 Å². The molecule has 22 heavy (non-hydrogen) atoms. The Morgan fingerprint density at radius 2 is 2.36 bits per heavy atom. The molecule has 5 nitrogen and oxygen atoms in total. The predicted molar refractivity (Wildman–Crippen MR) is 92.1 cm³/mol. The van der Waals surface area contributed by atoms with Gasteiger partial charge in [-0.15, -0.1) is 0 Å². The fourth-order valence-electron chi connectivity index (χ4n) is 2.23. The Kier molecular flexibility index (Phi) is 7.70. The van der Waals surface area contributed by atoms with E-state index in [0.29, 0.717) is 0 Å². The zero-order valence-electron chi connectivity index (χ0n) is 13.0. The van der Waals surface area contributed by atoms with E-state index in [2.05, 4.69) is 43.7 Å². The molecule has 1 aromatic rings. The van der Waals surface area contributed by atoms with Crippen molar-refractivity contribution in [2.24, 2.45) is 4.99 Å². The minimum absolute atomic E-state index is 0.286. The molecular weight excluding hydrogens is 346 g/mol. The van der Waals surface area contributed by atoms with Gasteiger partial charge in [0.15, 0.2) is 5.96 Å². The Balaban J connectivity index is 1.58. The molecule has 1 heterocycles. The molecule has 6 heteroatoms. The van der Waals surface area contributed by atoms with Crippen molar-refractivity contribution < 1.29 is 9.47 Å². The summed E-state index contributed by atoms with van der Waals surface area (Å²) in [6.07, 6.45) is 2.26. The monoisotopic (exact) mass is 369 g/mol. The lowest BCUT2D eigenvalue weighted by Crippen LogP contribution is -2.37. The number of halogens is 1. The number of nitrogens with zero attached hydrogens (tertiary/aromatic N) is 1. The maximum atomic E-state index is 5.73. The summed E-state index contributed by atoms with van der Waals surface area (Å²) in [7, 11) is 1.78. The lowest BCUT2D eigenvalue weighted by molar-refractivity contribution is 0.0420.